The number of piperidine rings is 1. The molecule has 1 aromatic carbocycles. The van der Waals surface area contributed by atoms with Crippen LogP contribution in [0.1, 0.15) is 19.3 Å². The molecule has 2 rings (SSSR count). The summed E-state index contributed by atoms with van der Waals surface area (Å²) in [5.74, 6) is -0.202. The molecule has 1 fully saturated rings. The molecule has 1 heterocycles. The maximum atomic E-state index is 12.0. The Balaban J connectivity index is 1.90. The van der Waals surface area contributed by atoms with Crippen LogP contribution in [0.5, 0.6) is 5.75 Å². The quantitative estimate of drug-likeness (QED) is 0.901. The highest BCUT2D eigenvalue weighted by Crippen LogP contribution is 2.24. The molecular weight excluding hydrogens is 245 g/mol. The van der Waals surface area contributed by atoms with Crippen LogP contribution in [0.2, 0.25) is 0 Å². The number of benzene rings is 1. The lowest BCUT2D eigenvalue weighted by atomic mass is 10.2. The van der Waals surface area contributed by atoms with Crippen LogP contribution < -0.4 is 10.2 Å². The lowest BCUT2D eigenvalue weighted by Gasteiger charge is -2.27. The largest absolute Gasteiger partial charge is 0.573 e. The lowest BCUT2D eigenvalue weighted by Crippen LogP contribution is -2.34. The van der Waals surface area contributed by atoms with Crippen molar-refractivity contribution in [2.75, 3.05) is 18.5 Å². The van der Waals surface area contributed by atoms with Crippen molar-refractivity contribution in [1.82, 2.24) is 5.01 Å². The van der Waals surface area contributed by atoms with Gasteiger partial charge < -0.3 is 10.2 Å². The molecule has 18 heavy (non-hydrogen) atoms. The fraction of sp³-hybridized carbons (Fsp3) is 0.500. The molecule has 0 radical (unpaired) electrons. The van der Waals surface area contributed by atoms with Gasteiger partial charge in [0.15, 0.2) is 0 Å². The van der Waals surface area contributed by atoms with E-state index in [1.807, 2.05) is 0 Å². The first-order valence-electron chi connectivity index (χ1n) is 5.90. The molecule has 1 N–H and O–H groups in total. The van der Waals surface area contributed by atoms with E-state index < -0.39 is 6.36 Å². The fourth-order valence-corrected chi connectivity index (χ4v) is 1.92. The summed E-state index contributed by atoms with van der Waals surface area (Å²) in [4.78, 5) is 0. The van der Waals surface area contributed by atoms with Crippen molar-refractivity contribution >= 4 is 5.69 Å². The van der Waals surface area contributed by atoms with Crippen LogP contribution in [0, 0.1) is 0 Å². The third-order valence-corrected chi connectivity index (χ3v) is 2.73. The van der Waals surface area contributed by atoms with Gasteiger partial charge in [0.2, 0.25) is 0 Å². The second kappa shape index (κ2) is 5.48. The van der Waals surface area contributed by atoms with Crippen LogP contribution in [0.15, 0.2) is 24.3 Å². The monoisotopic (exact) mass is 260 g/mol. The Morgan fingerprint density at radius 3 is 2.17 bits per heavy atom. The number of alkyl halides is 3. The third kappa shape index (κ3) is 4.10. The second-order valence-electron chi connectivity index (χ2n) is 4.23. The summed E-state index contributed by atoms with van der Waals surface area (Å²) in [6, 6.07) is 5.77. The van der Waals surface area contributed by atoms with E-state index in [1.54, 1.807) is 12.1 Å². The Morgan fingerprint density at radius 2 is 1.61 bits per heavy atom. The van der Waals surface area contributed by atoms with E-state index in [9.17, 15) is 13.2 Å². The van der Waals surface area contributed by atoms with Crippen LogP contribution in [0.25, 0.3) is 0 Å². The van der Waals surface area contributed by atoms with E-state index in [2.05, 4.69) is 15.2 Å². The summed E-state index contributed by atoms with van der Waals surface area (Å²) in [5.41, 5.74) is 3.94. The zero-order valence-electron chi connectivity index (χ0n) is 9.83. The molecule has 1 aliphatic rings. The van der Waals surface area contributed by atoms with E-state index in [4.69, 9.17) is 0 Å². The topological polar surface area (TPSA) is 24.5 Å². The Labute approximate surface area is 104 Å². The van der Waals surface area contributed by atoms with Gasteiger partial charge in [-0.15, -0.1) is 13.2 Å². The van der Waals surface area contributed by atoms with Crippen molar-refractivity contribution in [2.45, 2.75) is 25.6 Å². The molecule has 0 spiro atoms. The first-order valence-corrected chi connectivity index (χ1v) is 5.90. The van der Waals surface area contributed by atoms with E-state index in [1.165, 1.54) is 18.6 Å². The van der Waals surface area contributed by atoms with Crippen molar-refractivity contribution in [3.8, 4) is 5.75 Å². The highest BCUT2D eigenvalue weighted by atomic mass is 19.4. The van der Waals surface area contributed by atoms with Crippen LogP contribution >= 0.6 is 0 Å². The van der Waals surface area contributed by atoms with Gasteiger partial charge in [0, 0.05) is 18.8 Å². The van der Waals surface area contributed by atoms with E-state index in [0.717, 1.165) is 31.6 Å². The van der Waals surface area contributed by atoms with E-state index >= 15 is 0 Å². The number of hydrogen-bond acceptors (Lipinski definition) is 3. The maximum Gasteiger partial charge on any atom is 0.573 e. The molecule has 1 aliphatic heterocycles. The van der Waals surface area contributed by atoms with Gasteiger partial charge in [-0.25, -0.2) is 5.01 Å². The van der Waals surface area contributed by atoms with Crippen molar-refractivity contribution in [3.63, 3.8) is 0 Å². The zero-order chi connectivity index (χ0) is 13.0. The average molecular weight is 260 g/mol. The van der Waals surface area contributed by atoms with Gasteiger partial charge in [-0.3, -0.25) is 0 Å². The molecule has 0 bridgehead atoms. The molecule has 0 atom stereocenters. The molecule has 0 unspecified atom stereocenters. The average Bonchev–Trinajstić information content (AvgIpc) is 2.31. The summed E-state index contributed by atoms with van der Waals surface area (Å²) >= 11 is 0. The molecule has 0 aromatic heterocycles. The molecule has 6 heteroatoms. The molecule has 0 amide bonds. The van der Waals surface area contributed by atoms with Gasteiger partial charge in [-0.05, 0) is 37.1 Å². The smallest absolute Gasteiger partial charge is 0.406 e. The Morgan fingerprint density at radius 1 is 1.00 bits per heavy atom. The van der Waals surface area contributed by atoms with Crippen molar-refractivity contribution in [3.05, 3.63) is 24.3 Å². The molecule has 1 saturated heterocycles. The minimum absolute atomic E-state index is 0.202. The summed E-state index contributed by atoms with van der Waals surface area (Å²) in [6.07, 6.45) is -1.12. The normalized spacial score (nSPS) is 17.5. The third-order valence-electron chi connectivity index (χ3n) is 2.73. The van der Waals surface area contributed by atoms with Gasteiger partial charge in [-0.2, -0.15) is 0 Å². The highest BCUT2D eigenvalue weighted by molar-refractivity contribution is 5.45. The van der Waals surface area contributed by atoms with Crippen LogP contribution in [0.4, 0.5) is 18.9 Å². The summed E-state index contributed by atoms with van der Waals surface area (Å²) in [5, 5.41) is 2.07. The van der Waals surface area contributed by atoms with Crippen LogP contribution in [0.3, 0.4) is 0 Å². The summed E-state index contributed by atoms with van der Waals surface area (Å²) in [6.45, 7) is 1.92. The Bertz CT molecular complexity index is 372. The Hall–Kier alpha value is -1.43. The second-order valence-corrected chi connectivity index (χ2v) is 4.23. The minimum Gasteiger partial charge on any atom is -0.406 e. The van der Waals surface area contributed by atoms with Crippen molar-refractivity contribution in [2.24, 2.45) is 0 Å². The predicted octanol–water partition coefficient (Wildman–Crippen LogP) is 3.40. The number of ether oxygens (including phenoxy) is 1. The maximum absolute atomic E-state index is 12.0. The first-order chi connectivity index (χ1) is 8.53. The number of nitrogens with one attached hydrogen (secondary N) is 1. The molecule has 0 aliphatic carbocycles. The van der Waals surface area contributed by atoms with Gasteiger partial charge in [0.1, 0.15) is 5.75 Å². The number of anilines is 1. The predicted molar refractivity (Wildman–Crippen MR) is 62.2 cm³/mol. The molecule has 3 nitrogen and oxygen atoms in total. The van der Waals surface area contributed by atoms with Gasteiger partial charge in [-0.1, -0.05) is 6.42 Å². The Kier molecular flexibility index (Phi) is 3.96. The van der Waals surface area contributed by atoms with Crippen LogP contribution in [-0.2, 0) is 0 Å². The molecule has 0 saturated carbocycles. The fourth-order valence-electron chi connectivity index (χ4n) is 1.92. The lowest BCUT2D eigenvalue weighted by molar-refractivity contribution is -0.274. The van der Waals surface area contributed by atoms with Crippen molar-refractivity contribution < 1.29 is 17.9 Å². The number of nitrogens with zero attached hydrogens (tertiary/aromatic N) is 1. The van der Waals surface area contributed by atoms with Gasteiger partial charge in [0.25, 0.3) is 0 Å². The molecule has 1 aromatic rings. The first kappa shape index (κ1) is 13.0. The summed E-state index contributed by atoms with van der Waals surface area (Å²) < 4.78 is 39.7. The number of halogens is 3. The molecule has 100 valence electrons. The van der Waals surface area contributed by atoms with Gasteiger partial charge >= 0.3 is 6.36 Å². The summed E-state index contributed by atoms with van der Waals surface area (Å²) in [7, 11) is 0. The van der Waals surface area contributed by atoms with Crippen LogP contribution in [-0.4, -0.2) is 24.5 Å². The highest BCUT2D eigenvalue weighted by Gasteiger charge is 2.30. The molecular formula is C12H15F3N2O. The number of rotatable bonds is 3. The minimum atomic E-state index is -4.64. The zero-order valence-corrected chi connectivity index (χ0v) is 9.83. The van der Waals surface area contributed by atoms with E-state index in [-0.39, 0.29) is 5.75 Å². The van der Waals surface area contributed by atoms with E-state index in [0.29, 0.717) is 0 Å². The van der Waals surface area contributed by atoms with Gasteiger partial charge in [0.05, 0.1) is 0 Å². The SMILES string of the molecule is FC(F)(F)Oc1ccc(NN2CCCCC2)cc1. The standard InChI is InChI=1S/C12H15F3N2O/c13-12(14,15)18-11-6-4-10(5-7-11)16-17-8-2-1-3-9-17/h4-7,16H,1-3,8-9H2. The number of hydrogen-bond donors (Lipinski definition) is 1. The van der Waals surface area contributed by atoms with Crippen molar-refractivity contribution in [1.29, 1.82) is 0 Å². The number of hydrazine groups is 1.